The highest BCUT2D eigenvalue weighted by Gasteiger charge is 2.33. The van der Waals surface area contributed by atoms with Crippen LogP contribution in [0.1, 0.15) is 15.9 Å². The van der Waals surface area contributed by atoms with Gasteiger partial charge < -0.3 is 9.47 Å². The third kappa shape index (κ3) is 3.30. The molecule has 0 fully saturated rings. The van der Waals surface area contributed by atoms with Crippen LogP contribution in [0.5, 0.6) is 11.8 Å². The summed E-state index contributed by atoms with van der Waals surface area (Å²) in [5, 5.41) is 0. The average Bonchev–Trinajstić information content (AvgIpc) is 2.26. The maximum Gasteiger partial charge on any atom is 0.574 e. The molecule has 0 aliphatic rings. The van der Waals surface area contributed by atoms with E-state index in [9.17, 15) is 22.4 Å². The molecule has 0 aliphatic heterocycles. The molecule has 1 rings (SSSR count). The SMILES string of the molecule is COc1nc(OC(F)(F)F)c(CF)cc1C=O. The average molecular weight is 253 g/mol. The highest BCUT2D eigenvalue weighted by atomic mass is 19.4. The van der Waals surface area contributed by atoms with E-state index in [4.69, 9.17) is 0 Å². The molecular formula is C9H7F4NO3. The Labute approximate surface area is 93.2 Å². The number of pyridine rings is 1. The van der Waals surface area contributed by atoms with E-state index < -0.39 is 24.5 Å². The zero-order valence-electron chi connectivity index (χ0n) is 8.55. The molecule has 0 spiro atoms. The van der Waals surface area contributed by atoms with E-state index in [0.29, 0.717) is 6.29 Å². The summed E-state index contributed by atoms with van der Waals surface area (Å²) in [5.41, 5.74) is -0.639. The zero-order valence-corrected chi connectivity index (χ0v) is 8.55. The number of rotatable bonds is 4. The van der Waals surface area contributed by atoms with E-state index in [1.807, 2.05) is 0 Å². The van der Waals surface area contributed by atoms with Crippen molar-refractivity contribution in [2.45, 2.75) is 13.0 Å². The minimum absolute atomic E-state index is 0.158. The number of halogens is 4. The quantitative estimate of drug-likeness (QED) is 0.610. The lowest BCUT2D eigenvalue weighted by Crippen LogP contribution is -2.19. The number of aromatic nitrogens is 1. The van der Waals surface area contributed by atoms with Gasteiger partial charge in [-0.3, -0.25) is 4.79 Å². The standard InChI is InChI=1S/C9H7F4NO3/c1-16-7-6(4-15)2-5(3-10)8(14-7)17-9(11,12)13/h2,4H,3H2,1H3. The number of carbonyl (C=O) groups excluding carboxylic acids is 1. The number of hydrogen-bond donors (Lipinski definition) is 0. The fourth-order valence-electron chi connectivity index (χ4n) is 1.08. The molecule has 0 aromatic carbocycles. The Bertz CT molecular complexity index is 419. The van der Waals surface area contributed by atoms with E-state index in [-0.39, 0.29) is 11.4 Å². The van der Waals surface area contributed by atoms with Crippen LogP contribution in [-0.4, -0.2) is 24.7 Å². The van der Waals surface area contributed by atoms with E-state index in [1.54, 1.807) is 0 Å². The Balaban J connectivity index is 3.23. The molecular weight excluding hydrogens is 246 g/mol. The van der Waals surface area contributed by atoms with Gasteiger partial charge in [-0.1, -0.05) is 0 Å². The lowest BCUT2D eigenvalue weighted by molar-refractivity contribution is -0.276. The minimum Gasteiger partial charge on any atom is -0.480 e. The van der Waals surface area contributed by atoms with Gasteiger partial charge in [0.2, 0.25) is 11.8 Å². The van der Waals surface area contributed by atoms with Crippen LogP contribution in [0.4, 0.5) is 17.6 Å². The molecule has 0 aliphatic carbocycles. The molecule has 0 bridgehead atoms. The van der Waals surface area contributed by atoms with Gasteiger partial charge >= 0.3 is 6.36 Å². The Morgan fingerprint density at radius 3 is 2.47 bits per heavy atom. The van der Waals surface area contributed by atoms with Gasteiger partial charge in [0.25, 0.3) is 0 Å². The van der Waals surface area contributed by atoms with Crippen molar-refractivity contribution in [3.05, 3.63) is 17.2 Å². The molecule has 17 heavy (non-hydrogen) atoms. The van der Waals surface area contributed by atoms with Gasteiger partial charge in [-0.05, 0) is 6.07 Å². The topological polar surface area (TPSA) is 48.4 Å². The summed E-state index contributed by atoms with van der Waals surface area (Å²) in [4.78, 5) is 13.8. The van der Waals surface area contributed by atoms with Gasteiger partial charge in [-0.2, -0.15) is 4.98 Å². The Morgan fingerprint density at radius 1 is 1.41 bits per heavy atom. The highest BCUT2D eigenvalue weighted by Crippen LogP contribution is 2.29. The summed E-state index contributed by atoms with van der Waals surface area (Å²) >= 11 is 0. The van der Waals surface area contributed by atoms with Crippen LogP contribution in [0.2, 0.25) is 0 Å². The molecule has 4 nitrogen and oxygen atoms in total. The molecule has 0 atom stereocenters. The number of nitrogens with zero attached hydrogens (tertiary/aromatic N) is 1. The molecule has 0 N–H and O–H groups in total. The van der Waals surface area contributed by atoms with E-state index in [0.717, 1.165) is 13.2 Å². The lowest BCUT2D eigenvalue weighted by Gasteiger charge is -2.12. The summed E-state index contributed by atoms with van der Waals surface area (Å²) in [5.74, 6) is -1.33. The van der Waals surface area contributed by atoms with Crippen LogP contribution in [0, 0.1) is 0 Å². The van der Waals surface area contributed by atoms with Gasteiger partial charge in [0.15, 0.2) is 6.29 Å². The first kappa shape index (κ1) is 13.2. The van der Waals surface area contributed by atoms with Crippen molar-refractivity contribution in [1.29, 1.82) is 0 Å². The maximum atomic E-state index is 12.5. The van der Waals surface area contributed by atoms with Gasteiger partial charge in [-0.25, -0.2) is 4.39 Å². The summed E-state index contributed by atoms with van der Waals surface area (Å²) in [6.45, 7) is -1.25. The third-order valence-electron chi connectivity index (χ3n) is 1.73. The van der Waals surface area contributed by atoms with Crippen molar-refractivity contribution in [2.75, 3.05) is 7.11 Å². The lowest BCUT2D eigenvalue weighted by atomic mass is 10.2. The summed E-state index contributed by atoms with van der Waals surface area (Å²) < 4.78 is 56.5. The predicted molar refractivity (Wildman–Crippen MR) is 47.7 cm³/mol. The van der Waals surface area contributed by atoms with E-state index in [2.05, 4.69) is 14.5 Å². The second-order valence-corrected chi connectivity index (χ2v) is 2.85. The number of alkyl halides is 4. The monoisotopic (exact) mass is 253 g/mol. The number of carbonyl (C=O) groups is 1. The first-order valence-corrected chi connectivity index (χ1v) is 4.26. The van der Waals surface area contributed by atoms with Crippen LogP contribution >= 0.6 is 0 Å². The second kappa shape index (κ2) is 4.98. The molecule has 0 amide bonds. The van der Waals surface area contributed by atoms with Crippen LogP contribution < -0.4 is 9.47 Å². The Morgan fingerprint density at radius 2 is 2.06 bits per heavy atom. The Kier molecular flexibility index (Phi) is 3.87. The molecule has 0 radical (unpaired) electrons. The number of methoxy groups -OCH3 is 1. The summed E-state index contributed by atoms with van der Waals surface area (Å²) in [6.07, 6.45) is -4.70. The van der Waals surface area contributed by atoms with E-state index in [1.165, 1.54) is 0 Å². The van der Waals surface area contributed by atoms with Crippen molar-refractivity contribution in [2.24, 2.45) is 0 Å². The molecule has 94 valence electrons. The van der Waals surface area contributed by atoms with Crippen molar-refractivity contribution < 1.29 is 31.8 Å². The van der Waals surface area contributed by atoms with Crippen molar-refractivity contribution in [1.82, 2.24) is 4.98 Å². The number of hydrogen-bond acceptors (Lipinski definition) is 4. The van der Waals surface area contributed by atoms with Crippen molar-refractivity contribution in [3.63, 3.8) is 0 Å². The van der Waals surface area contributed by atoms with Gasteiger partial charge in [0.1, 0.15) is 6.67 Å². The number of aldehydes is 1. The van der Waals surface area contributed by atoms with Crippen LogP contribution in [0.15, 0.2) is 6.07 Å². The summed E-state index contributed by atoms with van der Waals surface area (Å²) in [7, 11) is 1.11. The van der Waals surface area contributed by atoms with Crippen molar-refractivity contribution in [3.8, 4) is 11.8 Å². The van der Waals surface area contributed by atoms with Crippen molar-refractivity contribution >= 4 is 6.29 Å². The fourth-order valence-corrected chi connectivity index (χ4v) is 1.08. The molecule has 1 aromatic heterocycles. The van der Waals surface area contributed by atoms with Gasteiger partial charge in [0, 0.05) is 5.56 Å². The predicted octanol–water partition coefficient (Wildman–Crippen LogP) is 2.27. The van der Waals surface area contributed by atoms with Gasteiger partial charge in [0.05, 0.1) is 12.7 Å². The first-order chi connectivity index (χ1) is 7.91. The Hall–Kier alpha value is -1.86. The molecule has 0 saturated carbocycles. The fraction of sp³-hybridized carbons (Fsp3) is 0.333. The largest absolute Gasteiger partial charge is 0.574 e. The second-order valence-electron chi connectivity index (χ2n) is 2.85. The smallest absolute Gasteiger partial charge is 0.480 e. The van der Waals surface area contributed by atoms with Crippen LogP contribution in [0.3, 0.4) is 0 Å². The minimum atomic E-state index is -5.00. The zero-order chi connectivity index (χ0) is 13.1. The third-order valence-corrected chi connectivity index (χ3v) is 1.73. The highest BCUT2D eigenvalue weighted by molar-refractivity contribution is 5.78. The summed E-state index contributed by atoms with van der Waals surface area (Å²) in [6, 6.07) is 0.889. The van der Waals surface area contributed by atoms with Gasteiger partial charge in [-0.15, -0.1) is 13.2 Å². The first-order valence-electron chi connectivity index (χ1n) is 4.26. The molecule has 1 aromatic rings. The number of ether oxygens (including phenoxy) is 2. The maximum absolute atomic E-state index is 12.5. The molecule has 8 heteroatoms. The molecule has 0 saturated heterocycles. The normalized spacial score (nSPS) is 11.1. The molecule has 0 unspecified atom stereocenters. The van der Waals surface area contributed by atoms with Crippen LogP contribution in [0.25, 0.3) is 0 Å². The van der Waals surface area contributed by atoms with Crippen LogP contribution in [-0.2, 0) is 6.67 Å². The molecule has 1 heterocycles. The van der Waals surface area contributed by atoms with E-state index >= 15 is 0 Å².